The zero-order valence-electron chi connectivity index (χ0n) is 11.0. The van der Waals surface area contributed by atoms with E-state index in [1.54, 1.807) is 11.1 Å². The molecule has 0 amide bonds. The van der Waals surface area contributed by atoms with Crippen LogP contribution in [0.3, 0.4) is 0 Å². The summed E-state index contributed by atoms with van der Waals surface area (Å²) in [5.74, 6) is 1.73. The number of rotatable bonds is 6. The van der Waals surface area contributed by atoms with Gasteiger partial charge in [-0.1, -0.05) is 38.8 Å². The van der Waals surface area contributed by atoms with Gasteiger partial charge in [-0.2, -0.15) is 0 Å². The van der Waals surface area contributed by atoms with Crippen molar-refractivity contribution in [2.75, 3.05) is 0 Å². The smallest absolute Gasteiger partial charge is 0.0318 e. The summed E-state index contributed by atoms with van der Waals surface area (Å²) in [6.07, 6.45) is 5.25. The lowest BCUT2D eigenvalue weighted by Gasteiger charge is -2.14. The van der Waals surface area contributed by atoms with Gasteiger partial charge in [0.15, 0.2) is 0 Å². The molecule has 84 valence electrons. The number of allylic oxidation sites excluding steroid dienone is 2. The Morgan fingerprint density at radius 2 is 1.57 bits per heavy atom. The van der Waals surface area contributed by atoms with Gasteiger partial charge < -0.3 is 0 Å². The lowest BCUT2D eigenvalue weighted by molar-refractivity contribution is 0.414. The van der Waals surface area contributed by atoms with Gasteiger partial charge >= 0.3 is 0 Å². The molecule has 1 unspecified atom stereocenters. The molecular weight excluding hydrogens is 168 g/mol. The van der Waals surface area contributed by atoms with Gasteiger partial charge in [0.05, 0.1) is 0 Å². The minimum Gasteiger partial charge on any atom is -0.0747 e. The molecule has 1 atom stereocenters. The highest BCUT2D eigenvalue weighted by Gasteiger charge is 2.05. The van der Waals surface area contributed by atoms with Crippen LogP contribution in [-0.2, 0) is 0 Å². The molecule has 0 aliphatic carbocycles. The van der Waals surface area contributed by atoms with Crippen LogP contribution in [0.2, 0.25) is 0 Å². The van der Waals surface area contributed by atoms with E-state index < -0.39 is 0 Å². The molecule has 0 aromatic rings. The Bertz CT molecular complexity index is 174. The monoisotopic (exact) mass is 196 g/mol. The predicted octanol–water partition coefficient (Wildman–Crippen LogP) is 5.20. The Kier molecular flexibility index (Phi) is 6.96. The third kappa shape index (κ3) is 6.23. The maximum absolute atomic E-state index is 2.38. The molecule has 0 N–H and O–H groups in total. The summed E-state index contributed by atoms with van der Waals surface area (Å²) in [4.78, 5) is 0. The predicted molar refractivity (Wildman–Crippen MR) is 66.5 cm³/mol. The van der Waals surface area contributed by atoms with Gasteiger partial charge in [0.25, 0.3) is 0 Å². The van der Waals surface area contributed by atoms with E-state index in [-0.39, 0.29) is 0 Å². The van der Waals surface area contributed by atoms with Crippen molar-refractivity contribution < 1.29 is 0 Å². The summed E-state index contributed by atoms with van der Waals surface area (Å²) in [6.45, 7) is 13.8. The second kappa shape index (κ2) is 7.09. The van der Waals surface area contributed by atoms with E-state index >= 15 is 0 Å². The van der Waals surface area contributed by atoms with Crippen LogP contribution in [0.15, 0.2) is 11.1 Å². The maximum Gasteiger partial charge on any atom is -0.0318 e. The average Bonchev–Trinajstić information content (AvgIpc) is 2.11. The van der Waals surface area contributed by atoms with E-state index in [4.69, 9.17) is 0 Å². The molecule has 0 aliphatic heterocycles. The minimum absolute atomic E-state index is 0.849. The Balaban J connectivity index is 3.82. The van der Waals surface area contributed by atoms with Gasteiger partial charge in [-0.05, 0) is 51.4 Å². The normalized spacial score (nSPS) is 15.6. The van der Waals surface area contributed by atoms with E-state index in [0.717, 1.165) is 11.8 Å². The summed E-state index contributed by atoms with van der Waals surface area (Å²) >= 11 is 0. The van der Waals surface area contributed by atoms with Crippen molar-refractivity contribution in [1.29, 1.82) is 0 Å². The first-order chi connectivity index (χ1) is 6.47. The average molecular weight is 196 g/mol. The van der Waals surface area contributed by atoms with Crippen molar-refractivity contribution in [1.82, 2.24) is 0 Å². The Morgan fingerprint density at radius 1 is 1.00 bits per heavy atom. The molecule has 0 heteroatoms. The molecule has 0 spiro atoms. The Labute approximate surface area is 90.8 Å². The third-order valence-corrected chi connectivity index (χ3v) is 3.14. The molecule has 0 aromatic carbocycles. The summed E-state index contributed by atoms with van der Waals surface area (Å²) < 4.78 is 0. The van der Waals surface area contributed by atoms with E-state index in [2.05, 4.69) is 41.5 Å². The second-order valence-electron chi connectivity index (χ2n) is 5.19. The van der Waals surface area contributed by atoms with Crippen molar-refractivity contribution in [3.8, 4) is 0 Å². The minimum atomic E-state index is 0.849. The maximum atomic E-state index is 2.38. The molecule has 0 aromatic heterocycles. The van der Waals surface area contributed by atoms with Crippen molar-refractivity contribution in [3.05, 3.63) is 11.1 Å². The summed E-state index contributed by atoms with van der Waals surface area (Å²) in [5, 5.41) is 0. The van der Waals surface area contributed by atoms with E-state index in [1.165, 1.54) is 25.7 Å². The van der Waals surface area contributed by atoms with Crippen LogP contribution in [0, 0.1) is 11.8 Å². The molecule has 0 radical (unpaired) electrons. The lowest BCUT2D eigenvalue weighted by atomic mass is 9.92. The molecule has 0 saturated heterocycles. The highest BCUT2D eigenvalue weighted by atomic mass is 14.1. The largest absolute Gasteiger partial charge is 0.0747 e. The van der Waals surface area contributed by atoms with Crippen LogP contribution < -0.4 is 0 Å². The highest BCUT2D eigenvalue weighted by Crippen LogP contribution is 2.21. The molecule has 0 heterocycles. The van der Waals surface area contributed by atoms with Gasteiger partial charge in [-0.25, -0.2) is 0 Å². The molecular formula is C14H28. The lowest BCUT2D eigenvalue weighted by Crippen LogP contribution is -2.00. The molecule has 0 saturated carbocycles. The fourth-order valence-electron chi connectivity index (χ4n) is 1.90. The first-order valence-electron chi connectivity index (χ1n) is 6.12. The molecule has 0 rings (SSSR count). The first kappa shape index (κ1) is 13.7. The van der Waals surface area contributed by atoms with E-state index in [9.17, 15) is 0 Å². The van der Waals surface area contributed by atoms with Crippen molar-refractivity contribution in [2.24, 2.45) is 11.8 Å². The topological polar surface area (TPSA) is 0 Å². The quantitative estimate of drug-likeness (QED) is 0.512. The molecule has 0 bridgehead atoms. The molecule has 0 aliphatic rings. The fourth-order valence-corrected chi connectivity index (χ4v) is 1.90. The Morgan fingerprint density at radius 3 is 2.00 bits per heavy atom. The van der Waals surface area contributed by atoms with Crippen LogP contribution in [-0.4, -0.2) is 0 Å². The van der Waals surface area contributed by atoms with Crippen molar-refractivity contribution in [2.45, 2.75) is 67.2 Å². The zero-order valence-corrected chi connectivity index (χ0v) is 11.0. The fraction of sp³-hybridized carbons (Fsp3) is 0.857. The third-order valence-electron chi connectivity index (χ3n) is 3.14. The standard InChI is InChI=1S/C14H28/c1-7-13(5)14(6)9-8-12(4)10-11(2)3/h11-12H,7-10H2,1-6H3. The van der Waals surface area contributed by atoms with Crippen molar-refractivity contribution >= 4 is 0 Å². The van der Waals surface area contributed by atoms with Gasteiger partial charge in [-0.3, -0.25) is 0 Å². The second-order valence-corrected chi connectivity index (χ2v) is 5.19. The van der Waals surface area contributed by atoms with Crippen LogP contribution >= 0.6 is 0 Å². The van der Waals surface area contributed by atoms with Gasteiger partial charge in [0.1, 0.15) is 0 Å². The Hall–Kier alpha value is -0.260. The van der Waals surface area contributed by atoms with Crippen LogP contribution in [0.25, 0.3) is 0 Å². The highest BCUT2D eigenvalue weighted by molar-refractivity contribution is 5.08. The van der Waals surface area contributed by atoms with Crippen LogP contribution in [0.4, 0.5) is 0 Å². The molecule has 0 fully saturated rings. The van der Waals surface area contributed by atoms with Crippen LogP contribution in [0.5, 0.6) is 0 Å². The first-order valence-corrected chi connectivity index (χ1v) is 6.12. The zero-order chi connectivity index (χ0) is 11.1. The summed E-state index contributed by atoms with van der Waals surface area (Å²) in [6, 6.07) is 0. The molecule has 14 heavy (non-hydrogen) atoms. The van der Waals surface area contributed by atoms with E-state index in [1.807, 2.05) is 0 Å². The summed E-state index contributed by atoms with van der Waals surface area (Å²) in [5.41, 5.74) is 3.20. The van der Waals surface area contributed by atoms with Gasteiger partial charge in [0, 0.05) is 0 Å². The van der Waals surface area contributed by atoms with Gasteiger partial charge in [0.2, 0.25) is 0 Å². The van der Waals surface area contributed by atoms with Crippen LogP contribution in [0.1, 0.15) is 67.2 Å². The van der Waals surface area contributed by atoms with E-state index in [0.29, 0.717) is 0 Å². The number of hydrogen-bond acceptors (Lipinski definition) is 0. The summed E-state index contributed by atoms with van der Waals surface area (Å²) in [7, 11) is 0. The molecule has 0 nitrogen and oxygen atoms in total. The SMILES string of the molecule is CCC(C)=C(C)CCC(C)CC(C)C. The van der Waals surface area contributed by atoms with Gasteiger partial charge in [-0.15, -0.1) is 0 Å². The number of hydrogen-bond donors (Lipinski definition) is 0. The van der Waals surface area contributed by atoms with Crippen molar-refractivity contribution in [3.63, 3.8) is 0 Å².